The summed E-state index contributed by atoms with van der Waals surface area (Å²) in [5.74, 6) is 1.32. The Morgan fingerprint density at radius 3 is 3.00 bits per heavy atom. The third kappa shape index (κ3) is 3.23. The molecule has 0 unspecified atom stereocenters. The van der Waals surface area contributed by atoms with Crippen LogP contribution in [0, 0.1) is 10.1 Å². The minimum Gasteiger partial charge on any atom is -0.298 e. The molecule has 1 aromatic carbocycles. The van der Waals surface area contributed by atoms with Crippen molar-refractivity contribution in [1.82, 2.24) is 19.5 Å². The Morgan fingerprint density at radius 1 is 1.20 bits per heavy atom. The molecule has 0 spiro atoms. The second-order valence-electron chi connectivity index (χ2n) is 6.49. The van der Waals surface area contributed by atoms with Gasteiger partial charge in [-0.1, -0.05) is 18.2 Å². The van der Waals surface area contributed by atoms with E-state index in [4.69, 9.17) is 0 Å². The van der Waals surface area contributed by atoms with Gasteiger partial charge in [0.1, 0.15) is 5.82 Å². The first-order valence-electron chi connectivity index (χ1n) is 8.46. The molecule has 25 heavy (non-hydrogen) atoms. The predicted octanol–water partition coefficient (Wildman–Crippen LogP) is 3.02. The van der Waals surface area contributed by atoms with Crippen molar-refractivity contribution in [3.63, 3.8) is 0 Å². The molecule has 2 aromatic heterocycles. The minimum atomic E-state index is -0.342. The number of piperidine rings is 1. The third-order valence-corrected chi connectivity index (χ3v) is 4.74. The standard InChI is InChI=1S/C18H19N5O2/c24-23(25)16-7-3-5-14(11-16)12-21-9-4-6-15(13-21)18-20-19-17-8-1-2-10-22(17)18/h1-3,5,7-8,10-11,15H,4,6,9,12-13H2/t15-/m1/s1. The van der Waals surface area contributed by atoms with Gasteiger partial charge in [0.25, 0.3) is 5.69 Å². The van der Waals surface area contributed by atoms with Gasteiger partial charge in [-0.15, -0.1) is 10.2 Å². The number of likely N-dealkylation sites (tertiary alicyclic amines) is 1. The predicted molar refractivity (Wildman–Crippen MR) is 93.3 cm³/mol. The van der Waals surface area contributed by atoms with Crippen molar-refractivity contribution < 1.29 is 4.92 Å². The zero-order valence-corrected chi connectivity index (χ0v) is 13.8. The molecule has 128 valence electrons. The van der Waals surface area contributed by atoms with Gasteiger partial charge in [-0.2, -0.15) is 0 Å². The molecule has 0 aliphatic carbocycles. The van der Waals surface area contributed by atoms with Gasteiger partial charge in [-0.3, -0.25) is 19.4 Å². The van der Waals surface area contributed by atoms with Crippen molar-refractivity contribution in [2.24, 2.45) is 0 Å². The number of aromatic nitrogens is 3. The van der Waals surface area contributed by atoms with Gasteiger partial charge >= 0.3 is 0 Å². The van der Waals surface area contributed by atoms with E-state index in [1.54, 1.807) is 12.1 Å². The zero-order chi connectivity index (χ0) is 17.2. The molecule has 0 saturated carbocycles. The number of nitrogens with zero attached hydrogens (tertiary/aromatic N) is 5. The van der Waals surface area contributed by atoms with Crippen LogP contribution in [0.15, 0.2) is 48.7 Å². The Bertz CT molecular complexity index is 907. The van der Waals surface area contributed by atoms with E-state index in [9.17, 15) is 10.1 Å². The van der Waals surface area contributed by atoms with Crippen LogP contribution in [0.3, 0.4) is 0 Å². The topological polar surface area (TPSA) is 76.6 Å². The van der Waals surface area contributed by atoms with Crippen LogP contribution in [0.1, 0.15) is 30.1 Å². The van der Waals surface area contributed by atoms with Gasteiger partial charge in [-0.05, 0) is 37.1 Å². The number of nitro groups is 1. The fourth-order valence-electron chi connectivity index (χ4n) is 3.57. The van der Waals surface area contributed by atoms with Crippen LogP contribution in [0.25, 0.3) is 5.65 Å². The van der Waals surface area contributed by atoms with Crippen LogP contribution in [-0.4, -0.2) is 37.5 Å². The number of hydrogen-bond donors (Lipinski definition) is 0. The molecule has 0 radical (unpaired) electrons. The summed E-state index contributed by atoms with van der Waals surface area (Å²) in [7, 11) is 0. The summed E-state index contributed by atoms with van der Waals surface area (Å²) in [5, 5.41) is 19.6. The van der Waals surface area contributed by atoms with Gasteiger partial charge in [0, 0.05) is 37.3 Å². The van der Waals surface area contributed by atoms with Crippen LogP contribution >= 0.6 is 0 Å². The maximum absolute atomic E-state index is 11.0. The first-order chi connectivity index (χ1) is 12.2. The lowest BCUT2D eigenvalue weighted by Gasteiger charge is -2.31. The molecule has 7 nitrogen and oxygen atoms in total. The van der Waals surface area contributed by atoms with Gasteiger partial charge in [0.2, 0.25) is 0 Å². The Balaban J connectivity index is 1.51. The summed E-state index contributed by atoms with van der Waals surface area (Å²) in [6.07, 6.45) is 4.17. The second-order valence-corrected chi connectivity index (χ2v) is 6.49. The van der Waals surface area contributed by atoms with E-state index in [0.29, 0.717) is 5.92 Å². The molecule has 0 amide bonds. The molecule has 0 bridgehead atoms. The molecular weight excluding hydrogens is 318 g/mol. The lowest BCUT2D eigenvalue weighted by atomic mass is 9.96. The molecule has 1 atom stereocenters. The fraction of sp³-hybridized carbons (Fsp3) is 0.333. The summed E-state index contributed by atoms with van der Waals surface area (Å²) >= 11 is 0. The largest absolute Gasteiger partial charge is 0.298 e. The van der Waals surface area contributed by atoms with E-state index in [-0.39, 0.29) is 10.6 Å². The molecule has 4 rings (SSSR count). The number of non-ortho nitro benzene ring substituents is 1. The number of fused-ring (bicyclic) bond motifs is 1. The van der Waals surface area contributed by atoms with Crippen LogP contribution in [0.4, 0.5) is 5.69 Å². The van der Waals surface area contributed by atoms with Crippen LogP contribution in [-0.2, 0) is 6.54 Å². The monoisotopic (exact) mass is 337 g/mol. The highest BCUT2D eigenvalue weighted by Crippen LogP contribution is 2.27. The molecule has 3 aromatic rings. The highest BCUT2D eigenvalue weighted by atomic mass is 16.6. The average molecular weight is 337 g/mol. The zero-order valence-electron chi connectivity index (χ0n) is 13.8. The number of nitro benzene ring substituents is 1. The number of pyridine rings is 1. The lowest BCUT2D eigenvalue weighted by molar-refractivity contribution is -0.384. The maximum atomic E-state index is 11.0. The molecule has 0 N–H and O–H groups in total. The van der Waals surface area contributed by atoms with Gasteiger partial charge in [0.15, 0.2) is 5.65 Å². The van der Waals surface area contributed by atoms with E-state index in [2.05, 4.69) is 19.5 Å². The summed E-state index contributed by atoms with van der Waals surface area (Å²) in [6.45, 7) is 2.60. The number of benzene rings is 1. The number of rotatable bonds is 4. The van der Waals surface area contributed by atoms with Crippen molar-refractivity contribution in [3.05, 3.63) is 70.2 Å². The summed E-state index contributed by atoms with van der Waals surface area (Å²) in [6, 6.07) is 12.8. The van der Waals surface area contributed by atoms with Gasteiger partial charge in [0.05, 0.1) is 4.92 Å². The van der Waals surface area contributed by atoms with E-state index in [1.807, 2.05) is 30.5 Å². The Hall–Kier alpha value is -2.80. The molecule has 1 aliphatic heterocycles. The highest BCUT2D eigenvalue weighted by Gasteiger charge is 2.25. The smallest absolute Gasteiger partial charge is 0.269 e. The fourth-order valence-corrected chi connectivity index (χ4v) is 3.57. The highest BCUT2D eigenvalue weighted by molar-refractivity contribution is 5.38. The van der Waals surface area contributed by atoms with Crippen LogP contribution in [0.5, 0.6) is 0 Å². The third-order valence-electron chi connectivity index (χ3n) is 4.74. The summed E-state index contributed by atoms with van der Waals surface area (Å²) in [5.41, 5.74) is 1.99. The lowest BCUT2D eigenvalue weighted by Crippen LogP contribution is -2.34. The normalized spacial score (nSPS) is 18.5. The molecule has 1 fully saturated rings. The quantitative estimate of drug-likeness (QED) is 0.540. The first-order valence-corrected chi connectivity index (χ1v) is 8.46. The van der Waals surface area contributed by atoms with Gasteiger partial charge in [-0.25, -0.2) is 0 Å². The summed E-state index contributed by atoms with van der Waals surface area (Å²) in [4.78, 5) is 13.0. The molecule has 1 aliphatic rings. The average Bonchev–Trinajstić information content (AvgIpc) is 3.06. The second kappa shape index (κ2) is 6.60. The molecule has 1 saturated heterocycles. The maximum Gasteiger partial charge on any atom is 0.269 e. The first kappa shape index (κ1) is 15.7. The van der Waals surface area contributed by atoms with Crippen LogP contribution in [0.2, 0.25) is 0 Å². The van der Waals surface area contributed by atoms with Crippen molar-refractivity contribution in [3.8, 4) is 0 Å². The Labute approximate surface area is 145 Å². The molecule has 3 heterocycles. The Kier molecular flexibility index (Phi) is 4.15. The van der Waals surface area contributed by atoms with Crippen molar-refractivity contribution >= 4 is 11.3 Å². The van der Waals surface area contributed by atoms with Crippen molar-refractivity contribution in [2.75, 3.05) is 13.1 Å². The number of hydrogen-bond acceptors (Lipinski definition) is 5. The van der Waals surface area contributed by atoms with Crippen LogP contribution < -0.4 is 0 Å². The van der Waals surface area contributed by atoms with E-state index in [1.165, 1.54) is 6.07 Å². The van der Waals surface area contributed by atoms with E-state index in [0.717, 1.165) is 49.5 Å². The van der Waals surface area contributed by atoms with Crippen molar-refractivity contribution in [2.45, 2.75) is 25.3 Å². The minimum absolute atomic E-state index is 0.148. The summed E-state index contributed by atoms with van der Waals surface area (Å²) < 4.78 is 2.06. The Morgan fingerprint density at radius 2 is 2.12 bits per heavy atom. The van der Waals surface area contributed by atoms with Gasteiger partial charge < -0.3 is 0 Å². The molecular formula is C18H19N5O2. The van der Waals surface area contributed by atoms with E-state index < -0.39 is 0 Å². The van der Waals surface area contributed by atoms with E-state index >= 15 is 0 Å². The van der Waals surface area contributed by atoms with Crippen molar-refractivity contribution in [1.29, 1.82) is 0 Å². The SMILES string of the molecule is O=[N+]([O-])c1cccc(CN2CCC[C@@H](c3nnc4ccccn34)C2)c1. The molecule has 7 heteroatoms.